The smallest absolute Gasteiger partial charge is 0.248 e. The third-order valence-electron chi connectivity index (χ3n) is 4.03. The van der Waals surface area contributed by atoms with E-state index in [9.17, 15) is 8.78 Å². The fourth-order valence-corrected chi connectivity index (χ4v) is 2.88. The van der Waals surface area contributed by atoms with Gasteiger partial charge in [0.15, 0.2) is 0 Å². The first-order valence-electron chi connectivity index (χ1n) is 6.36. The van der Waals surface area contributed by atoms with Gasteiger partial charge in [-0.05, 0) is 38.8 Å². The molecular formula is C12H22F2N2. The van der Waals surface area contributed by atoms with E-state index in [4.69, 9.17) is 0 Å². The van der Waals surface area contributed by atoms with E-state index < -0.39 is 5.92 Å². The van der Waals surface area contributed by atoms with Gasteiger partial charge in [0.1, 0.15) is 0 Å². The van der Waals surface area contributed by atoms with Gasteiger partial charge in [0, 0.05) is 32.0 Å². The number of likely N-dealkylation sites (tertiary alicyclic amines) is 1. The largest absolute Gasteiger partial charge is 0.316 e. The molecule has 1 heterocycles. The average molecular weight is 232 g/mol. The number of alkyl halides is 2. The minimum absolute atomic E-state index is 0.0982. The Morgan fingerprint density at radius 1 is 1.25 bits per heavy atom. The van der Waals surface area contributed by atoms with Crippen molar-refractivity contribution in [2.45, 2.75) is 44.1 Å². The SMILES string of the molecule is CN[C@@H]1CCN(CC2CCC(F)(F)CC2)C1. The van der Waals surface area contributed by atoms with Gasteiger partial charge in [0.25, 0.3) is 0 Å². The Hall–Kier alpha value is -0.220. The summed E-state index contributed by atoms with van der Waals surface area (Å²) in [5.41, 5.74) is 0. The summed E-state index contributed by atoms with van der Waals surface area (Å²) in [7, 11) is 2.00. The number of rotatable bonds is 3. The summed E-state index contributed by atoms with van der Waals surface area (Å²) in [5, 5.41) is 3.28. The first-order valence-corrected chi connectivity index (χ1v) is 6.36. The van der Waals surface area contributed by atoms with Gasteiger partial charge in [-0.15, -0.1) is 0 Å². The second kappa shape index (κ2) is 4.96. The maximum Gasteiger partial charge on any atom is 0.248 e. The molecule has 2 rings (SSSR count). The molecule has 1 aliphatic heterocycles. The Kier molecular flexibility index (Phi) is 3.80. The second-order valence-corrected chi connectivity index (χ2v) is 5.33. The fourth-order valence-electron chi connectivity index (χ4n) is 2.88. The predicted octanol–water partition coefficient (Wildman–Crippen LogP) is 2.11. The third-order valence-corrected chi connectivity index (χ3v) is 4.03. The third kappa shape index (κ3) is 3.14. The van der Waals surface area contributed by atoms with Crippen LogP contribution in [0.3, 0.4) is 0 Å². The zero-order chi connectivity index (χ0) is 11.6. The standard InChI is InChI=1S/C12H22F2N2/c1-15-11-4-7-16(9-11)8-10-2-5-12(13,14)6-3-10/h10-11,15H,2-9H2,1H3/t11-/m1/s1. The van der Waals surface area contributed by atoms with Crippen LogP contribution in [0.1, 0.15) is 32.1 Å². The molecule has 0 aromatic rings. The van der Waals surface area contributed by atoms with E-state index in [1.807, 2.05) is 7.05 Å². The summed E-state index contributed by atoms with van der Waals surface area (Å²) in [4.78, 5) is 2.43. The summed E-state index contributed by atoms with van der Waals surface area (Å²) >= 11 is 0. The number of nitrogens with zero attached hydrogens (tertiary/aromatic N) is 1. The molecule has 0 bridgehead atoms. The Bertz CT molecular complexity index is 223. The number of hydrogen-bond donors (Lipinski definition) is 1. The van der Waals surface area contributed by atoms with Crippen molar-refractivity contribution < 1.29 is 8.78 Å². The van der Waals surface area contributed by atoms with Crippen LogP contribution >= 0.6 is 0 Å². The summed E-state index contributed by atoms with van der Waals surface area (Å²) in [6, 6.07) is 0.602. The lowest BCUT2D eigenvalue weighted by Crippen LogP contribution is -2.35. The highest BCUT2D eigenvalue weighted by molar-refractivity contribution is 4.84. The minimum Gasteiger partial charge on any atom is -0.316 e. The Labute approximate surface area is 96.4 Å². The minimum atomic E-state index is -2.38. The molecule has 2 aliphatic rings. The molecule has 2 fully saturated rings. The molecule has 4 heteroatoms. The molecule has 1 aliphatic carbocycles. The van der Waals surface area contributed by atoms with Crippen LogP contribution < -0.4 is 5.32 Å². The first-order chi connectivity index (χ1) is 7.59. The highest BCUT2D eigenvalue weighted by Gasteiger charge is 2.35. The summed E-state index contributed by atoms with van der Waals surface area (Å²) < 4.78 is 26.0. The van der Waals surface area contributed by atoms with Crippen LogP contribution in [0.25, 0.3) is 0 Å². The van der Waals surface area contributed by atoms with Crippen molar-refractivity contribution in [1.29, 1.82) is 0 Å². The quantitative estimate of drug-likeness (QED) is 0.801. The molecule has 0 spiro atoms. The lowest BCUT2D eigenvalue weighted by molar-refractivity contribution is -0.0483. The van der Waals surface area contributed by atoms with Crippen molar-refractivity contribution in [3.63, 3.8) is 0 Å². The van der Waals surface area contributed by atoms with Crippen LogP contribution in [0, 0.1) is 5.92 Å². The van der Waals surface area contributed by atoms with Gasteiger partial charge in [-0.2, -0.15) is 0 Å². The van der Waals surface area contributed by atoms with Gasteiger partial charge in [0.05, 0.1) is 0 Å². The van der Waals surface area contributed by atoms with Gasteiger partial charge >= 0.3 is 0 Å². The van der Waals surface area contributed by atoms with Crippen LogP contribution in [0.4, 0.5) is 8.78 Å². The van der Waals surface area contributed by atoms with Crippen molar-refractivity contribution in [2.75, 3.05) is 26.7 Å². The average Bonchev–Trinajstić information content (AvgIpc) is 2.69. The fraction of sp³-hybridized carbons (Fsp3) is 1.00. The van der Waals surface area contributed by atoms with Gasteiger partial charge in [0.2, 0.25) is 5.92 Å². The van der Waals surface area contributed by atoms with Gasteiger partial charge in [-0.25, -0.2) is 8.78 Å². The number of halogens is 2. The van der Waals surface area contributed by atoms with Crippen molar-refractivity contribution in [3.8, 4) is 0 Å². The Morgan fingerprint density at radius 2 is 1.94 bits per heavy atom. The van der Waals surface area contributed by atoms with Crippen LogP contribution in [0.5, 0.6) is 0 Å². The molecule has 1 atom stereocenters. The molecule has 0 unspecified atom stereocenters. The van der Waals surface area contributed by atoms with E-state index >= 15 is 0 Å². The molecule has 94 valence electrons. The number of likely N-dealkylation sites (N-methyl/N-ethyl adjacent to an activating group) is 1. The van der Waals surface area contributed by atoms with E-state index in [-0.39, 0.29) is 12.8 Å². The maximum absolute atomic E-state index is 13.0. The molecule has 16 heavy (non-hydrogen) atoms. The normalized spacial score (nSPS) is 32.1. The highest BCUT2D eigenvalue weighted by atomic mass is 19.3. The summed E-state index contributed by atoms with van der Waals surface area (Å²) in [5.74, 6) is -1.88. The maximum atomic E-state index is 13.0. The topological polar surface area (TPSA) is 15.3 Å². The van der Waals surface area contributed by atoms with E-state index in [1.165, 1.54) is 6.42 Å². The van der Waals surface area contributed by atoms with E-state index in [0.29, 0.717) is 24.8 Å². The molecule has 2 nitrogen and oxygen atoms in total. The van der Waals surface area contributed by atoms with Crippen molar-refractivity contribution in [3.05, 3.63) is 0 Å². The van der Waals surface area contributed by atoms with Gasteiger partial charge in [-0.3, -0.25) is 0 Å². The van der Waals surface area contributed by atoms with E-state index in [2.05, 4.69) is 10.2 Å². The lowest BCUT2D eigenvalue weighted by atomic mass is 9.86. The Balaban J connectivity index is 1.71. The van der Waals surface area contributed by atoms with Crippen LogP contribution in [0.2, 0.25) is 0 Å². The summed E-state index contributed by atoms with van der Waals surface area (Å²) in [6.07, 6.45) is 2.79. The highest BCUT2D eigenvalue weighted by Crippen LogP contribution is 2.36. The predicted molar refractivity (Wildman–Crippen MR) is 60.8 cm³/mol. The molecule has 0 radical (unpaired) electrons. The molecule has 0 aromatic carbocycles. The zero-order valence-corrected chi connectivity index (χ0v) is 10.0. The van der Waals surface area contributed by atoms with Crippen LogP contribution in [-0.2, 0) is 0 Å². The second-order valence-electron chi connectivity index (χ2n) is 5.33. The molecule has 1 N–H and O–H groups in total. The molecule has 1 saturated heterocycles. The zero-order valence-electron chi connectivity index (χ0n) is 10.0. The molecule has 0 amide bonds. The monoisotopic (exact) mass is 232 g/mol. The van der Waals surface area contributed by atoms with Gasteiger partial charge < -0.3 is 10.2 Å². The Morgan fingerprint density at radius 3 is 2.50 bits per heavy atom. The molecular weight excluding hydrogens is 210 g/mol. The van der Waals surface area contributed by atoms with E-state index in [1.54, 1.807) is 0 Å². The first kappa shape index (κ1) is 12.2. The number of nitrogens with one attached hydrogen (secondary N) is 1. The van der Waals surface area contributed by atoms with Crippen LogP contribution in [0.15, 0.2) is 0 Å². The number of hydrogen-bond acceptors (Lipinski definition) is 2. The van der Waals surface area contributed by atoms with Crippen molar-refractivity contribution in [1.82, 2.24) is 10.2 Å². The van der Waals surface area contributed by atoms with Crippen molar-refractivity contribution in [2.24, 2.45) is 5.92 Å². The molecule has 1 saturated carbocycles. The lowest BCUT2D eigenvalue weighted by Gasteiger charge is -2.31. The summed E-state index contributed by atoms with van der Waals surface area (Å²) in [6.45, 7) is 3.23. The van der Waals surface area contributed by atoms with Crippen LogP contribution in [-0.4, -0.2) is 43.5 Å². The van der Waals surface area contributed by atoms with E-state index in [0.717, 1.165) is 19.6 Å². The van der Waals surface area contributed by atoms with Crippen molar-refractivity contribution >= 4 is 0 Å². The molecule has 0 aromatic heterocycles. The van der Waals surface area contributed by atoms with Gasteiger partial charge in [-0.1, -0.05) is 0 Å².